The van der Waals surface area contributed by atoms with Crippen LogP contribution < -0.4 is 36.7 Å². The van der Waals surface area contributed by atoms with E-state index in [9.17, 15) is 0 Å². The first kappa shape index (κ1) is 37.7. The fraction of sp³-hybridized carbons (Fsp3) is 0. The summed E-state index contributed by atoms with van der Waals surface area (Å²) >= 11 is 10.1. The van der Waals surface area contributed by atoms with Crippen LogP contribution in [0.15, 0.2) is 235 Å². The third-order valence-corrected chi connectivity index (χ3v) is 17.8. The van der Waals surface area contributed by atoms with Gasteiger partial charge in [-0.15, -0.1) is 4.52 Å². The number of anilines is 2. The minimum Gasteiger partial charge on any atom is -0.410 e. The summed E-state index contributed by atoms with van der Waals surface area (Å²) in [5, 5.41) is 7.55. The number of hydrogen-bond donors (Lipinski definition) is 0. The fourth-order valence-corrected chi connectivity index (χ4v) is 16.4. The van der Waals surface area contributed by atoms with Crippen LogP contribution in [0.25, 0.3) is 0 Å². The molecule has 2 aromatic heterocycles. The van der Waals surface area contributed by atoms with Gasteiger partial charge in [-0.1, -0.05) is 162 Å². The highest BCUT2D eigenvalue weighted by Gasteiger charge is 2.49. The maximum Gasteiger partial charge on any atom is 0.228 e. The average molecular weight is 785 g/mol. The SMILES string of the molecule is S=C([S-])N(c1ccccn1)c1ccccn1.c1ccc(P(=N[P+](c2ccccc2)(c2ccccc2)c2ccccc2)(c2ccccc2)c2ccccc2)cc1. The monoisotopic (exact) mass is 784 g/mol. The Labute approximate surface area is 335 Å². The van der Waals surface area contributed by atoms with Crippen LogP contribution in [0.4, 0.5) is 11.6 Å². The lowest BCUT2D eigenvalue weighted by atomic mass is 10.4. The predicted octanol–water partition coefficient (Wildman–Crippen LogP) is 9.52. The van der Waals surface area contributed by atoms with Gasteiger partial charge in [0.1, 0.15) is 34.6 Å². The summed E-state index contributed by atoms with van der Waals surface area (Å²) in [6, 6.07) is 76.8. The lowest BCUT2D eigenvalue weighted by Crippen LogP contribution is -2.32. The van der Waals surface area contributed by atoms with Crippen LogP contribution in [0, 0.1) is 0 Å². The first-order valence-electron chi connectivity index (χ1n) is 17.8. The second-order valence-electron chi connectivity index (χ2n) is 12.4. The Kier molecular flexibility index (Phi) is 12.4. The number of thiocarbonyl (C=S) groups is 1. The van der Waals surface area contributed by atoms with Gasteiger partial charge < -0.3 is 24.8 Å². The van der Waals surface area contributed by atoms with E-state index in [1.165, 1.54) is 31.8 Å². The van der Waals surface area contributed by atoms with E-state index in [1.54, 1.807) is 17.3 Å². The number of aromatic nitrogens is 2. The number of nitrogens with zero attached hydrogens (tertiary/aromatic N) is 4. The molecule has 0 aliphatic carbocycles. The van der Waals surface area contributed by atoms with Crippen LogP contribution >= 0.6 is 26.7 Å². The second kappa shape index (κ2) is 18.1. The van der Waals surface area contributed by atoms with Crippen molar-refractivity contribution in [2.24, 2.45) is 4.52 Å². The molecule has 55 heavy (non-hydrogen) atoms. The zero-order valence-corrected chi connectivity index (χ0v) is 33.4. The van der Waals surface area contributed by atoms with Crippen molar-refractivity contribution in [3.8, 4) is 0 Å². The van der Waals surface area contributed by atoms with E-state index in [0.717, 1.165) is 0 Å². The van der Waals surface area contributed by atoms with Crippen molar-refractivity contribution in [1.82, 2.24) is 9.97 Å². The second-order valence-corrected chi connectivity index (χ2v) is 19.7. The van der Waals surface area contributed by atoms with Gasteiger partial charge in [-0.05, 0) is 60.7 Å². The molecule has 0 amide bonds. The molecule has 0 aliphatic heterocycles. The van der Waals surface area contributed by atoms with Crippen LogP contribution in [0.2, 0.25) is 0 Å². The van der Waals surface area contributed by atoms with Crippen molar-refractivity contribution >= 4 is 87.1 Å². The summed E-state index contributed by atoms with van der Waals surface area (Å²) < 4.78 is 6.69. The largest absolute Gasteiger partial charge is 0.410 e. The predicted molar refractivity (Wildman–Crippen MR) is 243 cm³/mol. The molecule has 0 spiro atoms. The molecular weight excluding hydrogens is 747 g/mol. The highest BCUT2D eigenvalue weighted by molar-refractivity contribution is 8.01. The van der Waals surface area contributed by atoms with Gasteiger partial charge in [0.15, 0.2) is 0 Å². The van der Waals surface area contributed by atoms with Crippen LogP contribution in [0.3, 0.4) is 0 Å². The molecular formula is C47H38N4P2S2. The number of pyridine rings is 2. The first-order valence-corrected chi connectivity index (χ1v) is 22.1. The molecule has 268 valence electrons. The van der Waals surface area contributed by atoms with E-state index < -0.39 is 14.5 Å². The third kappa shape index (κ3) is 8.24. The molecule has 0 saturated heterocycles. The Morgan fingerprint density at radius 2 is 0.727 bits per heavy atom. The Morgan fingerprint density at radius 3 is 1.00 bits per heavy atom. The van der Waals surface area contributed by atoms with E-state index in [-0.39, 0.29) is 0 Å². The number of benzene rings is 6. The average Bonchev–Trinajstić information content (AvgIpc) is 3.27. The molecule has 8 rings (SSSR count). The fourth-order valence-electron chi connectivity index (χ4n) is 6.54. The van der Waals surface area contributed by atoms with Crippen molar-refractivity contribution < 1.29 is 0 Å². The summed E-state index contributed by atoms with van der Waals surface area (Å²) in [4.78, 5) is 10.1. The Hall–Kier alpha value is -5.61. The third-order valence-electron chi connectivity index (χ3n) is 8.99. The van der Waals surface area contributed by atoms with Gasteiger partial charge in [0.05, 0.1) is 0 Å². The molecule has 8 heteroatoms. The molecule has 4 nitrogen and oxygen atoms in total. The summed E-state index contributed by atoms with van der Waals surface area (Å²) in [5.74, 6) is 1.36. The van der Waals surface area contributed by atoms with Crippen molar-refractivity contribution in [1.29, 1.82) is 0 Å². The molecule has 8 aromatic rings. The Morgan fingerprint density at radius 1 is 0.436 bits per heavy atom. The number of hydrogen-bond acceptors (Lipinski definition) is 5. The number of rotatable bonds is 9. The van der Waals surface area contributed by atoms with Crippen molar-refractivity contribution in [2.75, 3.05) is 4.90 Å². The zero-order valence-electron chi connectivity index (χ0n) is 29.9. The van der Waals surface area contributed by atoms with Gasteiger partial charge in [0.2, 0.25) is 7.41 Å². The van der Waals surface area contributed by atoms with Crippen LogP contribution in [0.1, 0.15) is 0 Å². The van der Waals surface area contributed by atoms with Crippen LogP contribution in [-0.4, -0.2) is 14.3 Å². The quantitative estimate of drug-likeness (QED) is 0.0829. The highest BCUT2D eigenvalue weighted by atomic mass is 32.1. The van der Waals surface area contributed by atoms with Crippen molar-refractivity contribution in [2.45, 2.75) is 0 Å². The Bertz CT molecular complexity index is 2210. The smallest absolute Gasteiger partial charge is 0.228 e. The van der Waals surface area contributed by atoms with E-state index in [4.69, 9.17) is 29.4 Å². The zero-order chi connectivity index (χ0) is 37.8. The molecule has 0 saturated carbocycles. The highest BCUT2D eigenvalue weighted by Crippen LogP contribution is 2.66. The molecule has 0 radical (unpaired) electrons. The molecule has 0 bridgehead atoms. The molecule has 6 aromatic carbocycles. The van der Waals surface area contributed by atoms with Gasteiger partial charge >= 0.3 is 0 Å². The molecule has 0 aliphatic rings. The van der Waals surface area contributed by atoms with Crippen LogP contribution in [-0.2, 0) is 12.6 Å². The Balaban J connectivity index is 0.000000243. The van der Waals surface area contributed by atoms with Gasteiger partial charge in [0, 0.05) is 28.3 Å². The van der Waals surface area contributed by atoms with E-state index in [0.29, 0.717) is 16.0 Å². The summed E-state index contributed by atoms with van der Waals surface area (Å²) in [5.41, 5.74) is 0. The molecule has 0 N–H and O–H groups in total. The van der Waals surface area contributed by atoms with Gasteiger partial charge in [0.25, 0.3) is 0 Å². The van der Waals surface area contributed by atoms with Gasteiger partial charge in [-0.25, -0.2) is 9.97 Å². The molecule has 0 fully saturated rings. The summed E-state index contributed by atoms with van der Waals surface area (Å²) in [6.45, 7) is 0. The van der Waals surface area contributed by atoms with E-state index >= 15 is 0 Å². The van der Waals surface area contributed by atoms with E-state index in [1.807, 2.05) is 36.4 Å². The standard InChI is InChI=1S/C36H30NP2.C11H9N3S2/c1-7-19-31(20-8-1)38(32-21-9-2-10-22-32,33-23-11-3-12-24-33)37-39(34-25-13-4-14-26-34,35-27-15-5-16-28-35)36-29-17-6-18-30-36;15-11(16)14(9-5-1-3-7-12-9)10-6-2-4-8-13-10/h1-30H;1-8H,(H,15,16)/q+1;/p-1. The maximum atomic E-state index is 6.38. The lowest BCUT2D eigenvalue weighted by molar-refractivity contribution is 1.17. The molecule has 0 atom stereocenters. The lowest BCUT2D eigenvalue weighted by Gasteiger charge is -2.31. The van der Waals surface area contributed by atoms with E-state index in [2.05, 4.69) is 192 Å². The normalized spacial score (nSPS) is 11.1. The van der Waals surface area contributed by atoms with Gasteiger partial charge in [-0.3, -0.25) is 4.90 Å². The summed E-state index contributed by atoms with van der Waals surface area (Å²) in [7, 11) is -4.99. The molecule has 0 unspecified atom stereocenters. The van der Waals surface area contributed by atoms with Gasteiger partial charge in [-0.2, -0.15) is 0 Å². The molecule has 2 heterocycles. The van der Waals surface area contributed by atoms with Crippen molar-refractivity contribution in [3.63, 3.8) is 0 Å². The topological polar surface area (TPSA) is 41.4 Å². The minimum atomic E-state index is -2.50. The van der Waals surface area contributed by atoms with Crippen molar-refractivity contribution in [3.05, 3.63) is 231 Å². The summed E-state index contributed by atoms with van der Waals surface area (Å²) in [6.07, 6.45) is 3.39. The minimum absolute atomic E-state index is 0.303. The maximum absolute atomic E-state index is 6.38. The van der Waals surface area contributed by atoms with Crippen LogP contribution in [0.5, 0.6) is 0 Å². The first-order chi connectivity index (χ1) is 27.1.